The average molecular weight is 206 g/mol. The van der Waals surface area contributed by atoms with Crippen molar-refractivity contribution in [3.8, 4) is 0 Å². The highest BCUT2D eigenvalue weighted by Gasteiger charge is 1.85. The topological polar surface area (TPSA) is 103 Å². The predicted molar refractivity (Wildman–Crippen MR) is 46.7 cm³/mol. The Morgan fingerprint density at radius 1 is 1.62 bits per heavy atom. The van der Waals surface area contributed by atoms with Crippen molar-refractivity contribution in [1.29, 1.82) is 0 Å². The Bertz CT molecular complexity index is 322. The lowest BCUT2D eigenvalue weighted by molar-refractivity contribution is 0.381. The monoisotopic (exact) mass is 206 g/mol. The third-order valence-electron chi connectivity index (χ3n) is 0.893. The first-order valence-electron chi connectivity index (χ1n) is 3.22. The first kappa shape index (κ1) is 11.8. The minimum atomic E-state index is -4.67. The van der Waals surface area contributed by atoms with Crippen molar-refractivity contribution in [2.24, 2.45) is 0 Å². The van der Waals surface area contributed by atoms with Gasteiger partial charge in [-0.1, -0.05) is 6.08 Å². The molecule has 0 aromatic carbocycles. The van der Waals surface area contributed by atoms with Gasteiger partial charge in [-0.2, -0.15) is 8.42 Å². The van der Waals surface area contributed by atoms with E-state index < -0.39 is 10.4 Å². The molecule has 0 atom stereocenters. The molecule has 74 valence electrons. The summed E-state index contributed by atoms with van der Waals surface area (Å²) < 4.78 is 31.6. The van der Waals surface area contributed by atoms with Crippen LogP contribution in [0, 0.1) is 0 Å². The number of nitrogens with zero attached hydrogens (tertiary/aromatic N) is 1. The van der Waals surface area contributed by atoms with Crippen LogP contribution in [0.4, 0.5) is 0 Å². The van der Waals surface area contributed by atoms with Gasteiger partial charge in [0.05, 0.1) is 0 Å². The van der Waals surface area contributed by atoms with E-state index in [9.17, 15) is 0 Å². The van der Waals surface area contributed by atoms with Crippen molar-refractivity contribution in [3.63, 3.8) is 0 Å². The standard InChI is InChI=1S/C6H8N2.H2O4S/c1-2-3-6-7-4-5-8-6;1-5(2,3)4/h2,4-5H,1,3H2,(H,7,8);(H2,1,2,3,4). The van der Waals surface area contributed by atoms with Crippen molar-refractivity contribution in [2.75, 3.05) is 0 Å². The van der Waals surface area contributed by atoms with Crippen LogP contribution in [0.1, 0.15) is 5.82 Å². The number of nitrogens with one attached hydrogen (secondary N) is 1. The Hall–Kier alpha value is -1.18. The fourth-order valence-corrected chi connectivity index (χ4v) is 0.546. The molecule has 1 heterocycles. The van der Waals surface area contributed by atoms with E-state index in [1.54, 1.807) is 12.4 Å². The normalized spacial score (nSPS) is 10.0. The summed E-state index contributed by atoms with van der Waals surface area (Å²) >= 11 is 0. The zero-order chi connectivity index (χ0) is 10.3. The molecular formula is C6H10N2O4S. The number of hydrogen-bond acceptors (Lipinski definition) is 3. The molecular weight excluding hydrogens is 196 g/mol. The summed E-state index contributed by atoms with van der Waals surface area (Å²) in [6.07, 6.45) is 6.18. The molecule has 0 bridgehead atoms. The van der Waals surface area contributed by atoms with Gasteiger partial charge in [0, 0.05) is 18.8 Å². The maximum atomic E-state index is 8.74. The van der Waals surface area contributed by atoms with Crippen molar-refractivity contribution < 1.29 is 17.5 Å². The minimum Gasteiger partial charge on any atom is -0.348 e. The second-order valence-electron chi connectivity index (χ2n) is 1.98. The lowest BCUT2D eigenvalue weighted by Crippen LogP contribution is -1.89. The fourth-order valence-electron chi connectivity index (χ4n) is 0.546. The Kier molecular flexibility index (Phi) is 4.97. The van der Waals surface area contributed by atoms with Crippen LogP contribution >= 0.6 is 0 Å². The van der Waals surface area contributed by atoms with Crippen molar-refractivity contribution in [3.05, 3.63) is 30.9 Å². The molecule has 0 aliphatic carbocycles. The molecule has 0 spiro atoms. The van der Waals surface area contributed by atoms with Gasteiger partial charge >= 0.3 is 10.4 Å². The smallest absolute Gasteiger partial charge is 0.348 e. The number of rotatable bonds is 2. The van der Waals surface area contributed by atoms with E-state index in [4.69, 9.17) is 17.5 Å². The van der Waals surface area contributed by atoms with Gasteiger partial charge in [0.15, 0.2) is 0 Å². The molecule has 7 heteroatoms. The third kappa shape index (κ3) is 10.8. The van der Waals surface area contributed by atoms with Crippen molar-refractivity contribution >= 4 is 10.4 Å². The number of allylic oxidation sites excluding steroid dienone is 1. The first-order valence-corrected chi connectivity index (χ1v) is 4.62. The molecule has 1 rings (SSSR count). The van der Waals surface area contributed by atoms with Crippen molar-refractivity contribution in [1.82, 2.24) is 9.97 Å². The summed E-state index contributed by atoms with van der Waals surface area (Å²) in [7, 11) is -4.67. The lowest BCUT2D eigenvalue weighted by atomic mass is 10.4. The van der Waals surface area contributed by atoms with E-state index in [0.29, 0.717) is 0 Å². The van der Waals surface area contributed by atoms with Gasteiger partial charge in [0.2, 0.25) is 0 Å². The summed E-state index contributed by atoms with van der Waals surface area (Å²) in [5, 5.41) is 0. The maximum Gasteiger partial charge on any atom is 0.394 e. The van der Waals surface area contributed by atoms with Crippen LogP contribution in [-0.2, 0) is 16.8 Å². The van der Waals surface area contributed by atoms with Gasteiger partial charge in [0.25, 0.3) is 0 Å². The predicted octanol–water partition coefficient (Wildman–Crippen LogP) is 0.485. The molecule has 3 N–H and O–H groups in total. The number of imidazole rings is 1. The number of aromatic amines is 1. The van der Waals surface area contributed by atoms with E-state index in [0.717, 1.165) is 12.2 Å². The molecule has 1 aromatic rings. The van der Waals surface area contributed by atoms with Crippen LogP contribution < -0.4 is 0 Å². The highest BCUT2D eigenvalue weighted by molar-refractivity contribution is 7.79. The average Bonchev–Trinajstić information content (AvgIpc) is 2.36. The summed E-state index contributed by atoms with van der Waals surface area (Å²) in [5.41, 5.74) is 0. The highest BCUT2D eigenvalue weighted by atomic mass is 32.3. The van der Waals surface area contributed by atoms with Gasteiger partial charge in [0.1, 0.15) is 5.82 Å². The SMILES string of the molecule is C=CCc1ncc[nH]1.O=S(=O)(O)O. The zero-order valence-electron chi connectivity index (χ0n) is 6.71. The fraction of sp³-hybridized carbons (Fsp3) is 0.167. The van der Waals surface area contributed by atoms with E-state index in [1.165, 1.54) is 0 Å². The Balaban J connectivity index is 0.000000252. The van der Waals surface area contributed by atoms with Crippen LogP contribution in [0.2, 0.25) is 0 Å². The molecule has 0 radical (unpaired) electrons. The molecule has 0 fully saturated rings. The molecule has 13 heavy (non-hydrogen) atoms. The summed E-state index contributed by atoms with van der Waals surface area (Å²) in [5.74, 6) is 0.972. The Morgan fingerprint density at radius 3 is 2.46 bits per heavy atom. The zero-order valence-corrected chi connectivity index (χ0v) is 7.53. The first-order chi connectivity index (χ1) is 5.93. The number of H-pyrrole nitrogens is 1. The second-order valence-corrected chi connectivity index (χ2v) is 2.87. The van der Waals surface area contributed by atoms with E-state index in [1.807, 2.05) is 6.08 Å². The van der Waals surface area contributed by atoms with Crippen LogP contribution in [0.15, 0.2) is 25.0 Å². The summed E-state index contributed by atoms with van der Waals surface area (Å²) in [6.45, 7) is 3.58. The van der Waals surface area contributed by atoms with Gasteiger partial charge in [-0.15, -0.1) is 6.58 Å². The minimum absolute atomic E-state index is 0.826. The summed E-state index contributed by atoms with van der Waals surface area (Å²) in [4.78, 5) is 6.93. The van der Waals surface area contributed by atoms with Crippen LogP contribution in [-0.4, -0.2) is 27.5 Å². The number of aromatic nitrogens is 2. The molecule has 0 amide bonds. The summed E-state index contributed by atoms with van der Waals surface area (Å²) in [6, 6.07) is 0. The van der Waals surface area contributed by atoms with Gasteiger partial charge < -0.3 is 4.98 Å². The maximum absolute atomic E-state index is 8.74. The molecule has 0 saturated carbocycles. The van der Waals surface area contributed by atoms with Crippen LogP contribution in [0.3, 0.4) is 0 Å². The Labute approximate surface area is 75.9 Å². The van der Waals surface area contributed by atoms with Crippen LogP contribution in [0.25, 0.3) is 0 Å². The molecule has 0 unspecified atom stereocenters. The van der Waals surface area contributed by atoms with Gasteiger partial charge in [-0.25, -0.2) is 4.98 Å². The van der Waals surface area contributed by atoms with E-state index in [2.05, 4.69) is 16.5 Å². The third-order valence-corrected chi connectivity index (χ3v) is 0.893. The quantitative estimate of drug-likeness (QED) is 0.482. The molecule has 0 saturated heterocycles. The van der Waals surface area contributed by atoms with Crippen LogP contribution in [0.5, 0.6) is 0 Å². The molecule has 1 aromatic heterocycles. The molecule has 0 aliphatic rings. The van der Waals surface area contributed by atoms with E-state index in [-0.39, 0.29) is 0 Å². The largest absolute Gasteiger partial charge is 0.394 e. The second kappa shape index (κ2) is 5.46. The highest BCUT2D eigenvalue weighted by Crippen LogP contribution is 1.88. The van der Waals surface area contributed by atoms with E-state index >= 15 is 0 Å². The molecule has 0 aliphatic heterocycles. The molecule has 6 nitrogen and oxygen atoms in total. The van der Waals surface area contributed by atoms with Gasteiger partial charge in [-0.3, -0.25) is 9.11 Å². The lowest BCUT2D eigenvalue weighted by Gasteiger charge is -1.82. The van der Waals surface area contributed by atoms with Crippen molar-refractivity contribution in [2.45, 2.75) is 6.42 Å². The number of hydrogen-bond donors (Lipinski definition) is 3. The van der Waals surface area contributed by atoms with Gasteiger partial charge in [-0.05, 0) is 0 Å². The Morgan fingerprint density at radius 2 is 2.15 bits per heavy atom.